The van der Waals surface area contributed by atoms with Crippen LogP contribution in [0.3, 0.4) is 0 Å². The van der Waals surface area contributed by atoms with Crippen LogP contribution in [0.25, 0.3) is 10.9 Å². The average molecular weight is 447 g/mol. The Morgan fingerprint density at radius 2 is 1.72 bits per heavy atom. The molecule has 3 aromatic carbocycles. The number of nitrogens with zero attached hydrogens (tertiary/aromatic N) is 1. The number of carbonyl (C=O) groups excluding carboxylic acids is 1. The van der Waals surface area contributed by atoms with Gasteiger partial charge in [-0.05, 0) is 35.7 Å². The number of carbonyl (C=O) groups is 1. The van der Waals surface area contributed by atoms with Crippen molar-refractivity contribution in [3.63, 3.8) is 0 Å². The van der Waals surface area contributed by atoms with Gasteiger partial charge >= 0.3 is 0 Å². The highest BCUT2D eigenvalue weighted by molar-refractivity contribution is 6.30. The van der Waals surface area contributed by atoms with Crippen molar-refractivity contribution in [1.82, 2.24) is 9.88 Å². The number of benzene rings is 3. The zero-order valence-corrected chi connectivity index (χ0v) is 18.9. The summed E-state index contributed by atoms with van der Waals surface area (Å²) in [5.41, 5.74) is 3.91. The molecule has 4 nitrogen and oxygen atoms in total. The number of rotatable bonds is 10. The maximum atomic E-state index is 13.8. The average Bonchev–Trinajstić information content (AvgIpc) is 3.20. The number of nitrogens with one attached hydrogen (secondary N) is 1. The van der Waals surface area contributed by atoms with Crippen molar-refractivity contribution in [2.45, 2.75) is 19.0 Å². The van der Waals surface area contributed by atoms with Gasteiger partial charge in [0.05, 0.1) is 12.6 Å². The topological polar surface area (TPSA) is 43.3 Å². The third-order valence-corrected chi connectivity index (χ3v) is 5.91. The molecule has 5 heteroatoms. The summed E-state index contributed by atoms with van der Waals surface area (Å²) >= 11 is 6.00. The molecule has 0 aliphatic rings. The van der Waals surface area contributed by atoms with Crippen molar-refractivity contribution in [2.75, 3.05) is 20.3 Å². The number of para-hydroxylation sites is 1. The lowest BCUT2D eigenvalue weighted by Crippen LogP contribution is -2.30. The van der Waals surface area contributed by atoms with Crippen molar-refractivity contribution in [3.8, 4) is 0 Å². The molecule has 4 rings (SSSR count). The Hall–Kier alpha value is -2.92. The summed E-state index contributed by atoms with van der Waals surface area (Å²) in [7, 11) is 1.69. The summed E-state index contributed by atoms with van der Waals surface area (Å²) in [6, 6.07) is 25.4. The number of fused-ring (bicyclic) bond motifs is 1. The van der Waals surface area contributed by atoms with Gasteiger partial charge in [0, 0.05) is 47.9 Å². The molecule has 4 aromatic rings. The van der Waals surface area contributed by atoms with Crippen LogP contribution in [0.1, 0.15) is 27.5 Å². The molecule has 0 bridgehead atoms. The monoisotopic (exact) mass is 446 g/mol. The fourth-order valence-electron chi connectivity index (χ4n) is 3.99. The molecule has 1 heterocycles. The Labute approximate surface area is 193 Å². The zero-order chi connectivity index (χ0) is 22.3. The lowest BCUT2D eigenvalue weighted by atomic mass is 9.96. The molecule has 1 atom stereocenters. The first-order valence-corrected chi connectivity index (χ1v) is 11.2. The summed E-state index contributed by atoms with van der Waals surface area (Å²) < 4.78 is 7.36. The van der Waals surface area contributed by atoms with Gasteiger partial charge in [-0.25, -0.2) is 0 Å². The molecule has 0 aliphatic heterocycles. The van der Waals surface area contributed by atoms with Gasteiger partial charge in [-0.2, -0.15) is 0 Å². The third-order valence-electron chi connectivity index (χ3n) is 5.66. The second-order valence-corrected chi connectivity index (χ2v) is 8.22. The predicted octanol–water partition coefficient (Wildman–Crippen LogP) is 5.70. The van der Waals surface area contributed by atoms with Crippen molar-refractivity contribution >= 4 is 28.3 Å². The smallest absolute Gasteiger partial charge is 0.186 e. The molecule has 0 amide bonds. The van der Waals surface area contributed by atoms with Crippen LogP contribution in [0.2, 0.25) is 5.02 Å². The maximum Gasteiger partial charge on any atom is 0.186 e. The molecule has 0 fully saturated rings. The highest BCUT2D eigenvalue weighted by Crippen LogP contribution is 2.27. The van der Waals surface area contributed by atoms with E-state index < -0.39 is 6.04 Å². The molecule has 0 spiro atoms. The Morgan fingerprint density at radius 3 is 2.47 bits per heavy atom. The Balaban J connectivity index is 1.61. The first-order valence-electron chi connectivity index (χ1n) is 10.8. The zero-order valence-electron chi connectivity index (χ0n) is 18.1. The van der Waals surface area contributed by atoms with E-state index in [4.69, 9.17) is 16.3 Å². The summed E-state index contributed by atoms with van der Waals surface area (Å²) in [5, 5.41) is 5.19. The Morgan fingerprint density at radius 1 is 1.00 bits per heavy atom. The van der Waals surface area contributed by atoms with Gasteiger partial charge in [-0.15, -0.1) is 0 Å². The first kappa shape index (κ1) is 22.3. The lowest BCUT2D eigenvalue weighted by molar-refractivity contribution is 0.0944. The van der Waals surface area contributed by atoms with Crippen LogP contribution in [0, 0.1) is 0 Å². The number of methoxy groups -OCH3 is 1. The summed E-state index contributed by atoms with van der Waals surface area (Å²) in [6.45, 7) is 1.97. The van der Waals surface area contributed by atoms with E-state index in [9.17, 15) is 4.79 Å². The van der Waals surface area contributed by atoms with Gasteiger partial charge in [0.15, 0.2) is 5.78 Å². The van der Waals surface area contributed by atoms with Crippen LogP contribution in [0.5, 0.6) is 0 Å². The van der Waals surface area contributed by atoms with E-state index in [2.05, 4.69) is 9.88 Å². The van der Waals surface area contributed by atoms with Crippen molar-refractivity contribution in [3.05, 3.63) is 107 Å². The van der Waals surface area contributed by atoms with Crippen LogP contribution in [-0.2, 0) is 17.7 Å². The fraction of sp³-hybridized carbons (Fsp3) is 0.222. The minimum absolute atomic E-state index is 0.0691. The molecular weight excluding hydrogens is 420 g/mol. The van der Waals surface area contributed by atoms with Gasteiger partial charge in [-0.1, -0.05) is 72.3 Å². The van der Waals surface area contributed by atoms with E-state index in [-0.39, 0.29) is 5.78 Å². The molecular formula is C27H27ClN2O2. The molecule has 0 radical (unpaired) electrons. The molecule has 0 aliphatic carbocycles. The quantitative estimate of drug-likeness (QED) is 0.318. The van der Waals surface area contributed by atoms with E-state index in [1.807, 2.05) is 85.1 Å². The standard InChI is InChI=1S/C27H27ClN2O2/c1-32-18-17-30-19-24(23-9-5-6-10-25(23)30)27(31)26(21-7-3-2-4-8-21)29-16-15-20-11-13-22(28)14-12-20/h2-14,19,26,29H,15-18H2,1H3/t26-/m1/s1. The van der Waals surface area contributed by atoms with Crippen molar-refractivity contribution in [1.29, 1.82) is 0 Å². The number of Topliss-reactive ketones (excluding diaryl/α,β-unsaturated/α-hetero) is 1. The van der Waals surface area contributed by atoms with Gasteiger partial charge in [0.2, 0.25) is 0 Å². The predicted molar refractivity (Wildman–Crippen MR) is 130 cm³/mol. The number of ether oxygens (including phenoxy) is 1. The van der Waals surface area contributed by atoms with Crippen molar-refractivity contribution in [2.24, 2.45) is 0 Å². The summed E-state index contributed by atoms with van der Waals surface area (Å²) in [4.78, 5) is 13.8. The minimum Gasteiger partial charge on any atom is -0.383 e. The van der Waals surface area contributed by atoms with Gasteiger partial charge < -0.3 is 14.6 Å². The molecule has 0 unspecified atom stereocenters. The number of ketones is 1. The molecule has 164 valence electrons. The van der Waals surface area contributed by atoms with Gasteiger partial charge in [0.1, 0.15) is 0 Å². The van der Waals surface area contributed by atoms with E-state index >= 15 is 0 Å². The third kappa shape index (κ3) is 5.10. The fourth-order valence-corrected chi connectivity index (χ4v) is 4.12. The van der Waals surface area contributed by atoms with Crippen LogP contribution < -0.4 is 5.32 Å². The van der Waals surface area contributed by atoms with Crippen LogP contribution in [0.15, 0.2) is 85.1 Å². The number of halogens is 1. The summed E-state index contributed by atoms with van der Waals surface area (Å²) in [5.74, 6) is 0.0691. The lowest BCUT2D eigenvalue weighted by Gasteiger charge is -2.18. The molecule has 32 heavy (non-hydrogen) atoms. The molecule has 1 N–H and O–H groups in total. The van der Waals surface area contributed by atoms with E-state index in [1.54, 1.807) is 7.11 Å². The van der Waals surface area contributed by atoms with E-state index in [0.29, 0.717) is 19.7 Å². The van der Waals surface area contributed by atoms with Gasteiger partial charge in [0.25, 0.3) is 0 Å². The largest absolute Gasteiger partial charge is 0.383 e. The second kappa shape index (κ2) is 10.6. The van der Waals surface area contributed by atoms with E-state index in [1.165, 1.54) is 5.56 Å². The first-order chi connectivity index (χ1) is 15.7. The van der Waals surface area contributed by atoms with E-state index in [0.717, 1.165) is 33.5 Å². The highest BCUT2D eigenvalue weighted by atomic mass is 35.5. The van der Waals surface area contributed by atoms with Crippen LogP contribution >= 0.6 is 11.6 Å². The van der Waals surface area contributed by atoms with Crippen LogP contribution in [-0.4, -0.2) is 30.6 Å². The molecule has 0 saturated carbocycles. The molecule has 0 saturated heterocycles. The normalized spacial score (nSPS) is 12.2. The number of hydrogen-bond acceptors (Lipinski definition) is 3. The minimum atomic E-state index is -0.426. The number of hydrogen-bond donors (Lipinski definition) is 1. The van der Waals surface area contributed by atoms with Gasteiger partial charge in [-0.3, -0.25) is 4.79 Å². The summed E-state index contributed by atoms with van der Waals surface area (Å²) in [6.07, 6.45) is 2.77. The SMILES string of the molecule is COCCn1cc(C(=O)[C@H](NCCc2ccc(Cl)cc2)c2ccccc2)c2ccccc21. The second-order valence-electron chi connectivity index (χ2n) is 7.78. The highest BCUT2D eigenvalue weighted by Gasteiger charge is 2.25. The molecule has 1 aromatic heterocycles. The Kier molecular flexibility index (Phi) is 7.38. The Bertz CT molecular complexity index is 1170. The van der Waals surface area contributed by atoms with Crippen molar-refractivity contribution < 1.29 is 9.53 Å². The van der Waals surface area contributed by atoms with Crippen LogP contribution in [0.4, 0.5) is 0 Å². The maximum absolute atomic E-state index is 13.8. The number of aromatic nitrogens is 1.